The van der Waals surface area contributed by atoms with Crippen molar-refractivity contribution in [1.29, 1.82) is 0 Å². The van der Waals surface area contributed by atoms with Crippen LogP contribution >= 0.6 is 23.2 Å². The van der Waals surface area contributed by atoms with Gasteiger partial charge in [0.25, 0.3) is 0 Å². The van der Waals surface area contributed by atoms with Crippen LogP contribution in [0.4, 0.5) is 10.5 Å². The van der Waals surface area contributed by atoms with Crippen molar-refractivity contribution in [3.63, 3.8) is 0 Å². The highest BCUT2D eigenvalue weighted by Gasteiger charge is 2.25. The molecule has 3 amide bonds. The molecule has 0 saturated carbocycles. The summed E-state index contributed by atoms with van der Waals surface area (Å²) in [6, 6.07) is 4.65. The number of anilines is 1. The highest BCUT2D eigenvalue weighted by molar-refractivity contribution is 6.35. The van der Waals surface area contributed by atoms with Crippen LogP contribution in [0.3, 0.4) is 0 Å². The van der Waals surface area contributed by atoms with E-state index in [0.29, 0.717) is 48.5 Å². The van der Waals surface area contributed by atoms with Crippen LogP contribution in [-0.2, 0) is 14.3 Å². The third-order valence-corrected chi connectivity index (χ3v) is 4.05. The summed E-state index contributed by atoms with van der Waals surface area (Å²) in [6.07, 6.45) is -0.672. The highest BCUT2D eigenvalue weighted by Crippen LogP contribution is 2.22. The second-order valence-electron chi connectivity index (χ2n) is 5.45. The molecule has 1 aliphatic heterocycles. The molecule has 1 N–H and O–H groups in total. The number of halogens is 2. The number of nitrogens with one attached hydrogen (secondary N) is 1. The van der Waals surface area contributed by atoms with Gasteiger partial charge in [-0.15, -0.1) is 0 Å². The lowest BCUT2D eigenvalue weighted by atomic mass is 10.2. The number of amides is 3. The third kappa shape index (κ3) is 5.79. The zero-order valence-electron chi connectivity index (χ0n) is 13.8. The van der Waals surface area contributed by atoms with Gasteiger partial charge < -0.3 is 19.9 Å². The largest absolute Gasteiger partial charge is 0.450 e. The number of carbonyl (C=O) groups excluding carboxylic acids is 3. The van der Waals surface area contributed by atoms with E-state index in [1.54, 1.807) is 34.9 Å². The lowest BCUT2D eigenvalue weighted by Crippen LogP contribution is -2.51. The van der Waals surface area contributed by atoms with E-state index in [2.05, 4.69) is 5.32 Å². The van der Waals surface area contributed by atoms with Gasteiger partial charge in [-0.3, -0.25) is 9.59 Å². The molecular formula is C16H19Cl2N3O4. The Morgan fingerprint density at radius 1 is 1.04 bits per heavy atom. The number of benzene rings is 1. The van der Waals surface area contributed by atoms with Gasteiger partial charge in [0.15, 0.2) is 0 Å². The summed E-state index contributed by atoms with van der Waals surface area (Å²) in [5, 5.41) is 3.38. The van der Waals surface area contributed by atoms with Crippen LogP contribution in [0, 0.1) is 0 Å². The molecular weight excluding hydrogens is 369 g/mol. The zero-order chi connectivity index (χ0) is 18.4. The van der Waals surface area contributed by atoms with Crippen LogP contribution in [0.15, 0.2) is 18.2 Å². The fourth-order valence-corrected chi connectivity index (χ4v) is 2.96. The predicted octanol–water partition coefficient (Wildman–Crippen LogP) is 2.62. The van der Waals surface area contributed by atoms with Crippen LogP contribution in [0.5, 0.6) is 0 Å². The van der Waals surface area contributed by atoms with Crippen molar-refractivity contribution in [2.45, 2.75) is 13.3 Å². The monoisotopic (exact) mass is 387 g/mol. The molecule has 1 aromatic carbocycles. The number of hydrogen-bond donors (Lipinski definition) is 1. The van der Waals surface area contributed by atoms with E-state index in [9.17, 15) is 14.4 Å². The highest BCUT2D eigenvalue weighted by atomic mass is 35.5. The van der Waals surface area contributed by atoms with Crippen molar-refractivity contribution < 1.29 is 19.1 Å². The summed E-state index contributed by atoms with van der Waals surface area (Å²) < 4.78 is 4.93. The Labute approximate surface area is 155 Å². The molecule has 25 heavy (non-hydrogen) atoms. The van der Waals surface area contributed by atoms with Gasteiger partial charge >= 0.3 is 6.09 Å². The van der Waals surface area contributed by atoms with Gasteiger partial charge in [-0.25, -0.2) is 4.79 Å². The minimum absolute atomic E-state index is 0.288. The minimum atomic E-state index is -0.448. The Balaban J connectivity index is 1.82. The molecule has 0 bridgehead atoms. The Morgan fingerprint density at radius 2 is 1.60 bits per heavy atom. The summed E-state index contributed by atoms with van der Waals surface area (Å²) in [5.74, 6) is -0.745. The van der Waals surface area contributed by atoms with Gasteiger partial charge in [-0.05, 0) is 25.1 Å². The molecule has 0 radical (unpaired) electrons. The van der Waals surface area contributed by atoms with Gasteiger partial charge in [-0.1, -0.05) is 23.2 Å². The first kappa shape index (κ1) is 19.3. The molecule has 1 heterocycles. The fourth-order valence-electron chi connectivity index (χ4n) is 2.43. The summed E-state index contributed by atoms with van der Waals surface area (Å²) in [4.78, 5) is 39.0. The molecule has 0 atom stereocenters. The first-order valence-electron chi connectivity index (χ1n) is 7.84. The van der Waals surface area contributed by atoms with E-state index in [4.69, 9.17) is 27.9 Å². The second-order valence-corrected chi connectivity index (χ2v) is 6.32. The Morgan fingerprint density at radius 3 is 2.16 bits per heavy atom. The van der Waals surface area contributed by atoms with Crippen molar-refractivity contribution in [2.24, 2.45) is 0 Å². The van der Waals surface area contributed by atoms with Crippen molar-refractivity contribution in [1.82, 2.24) is 9.80 Å². The second kappa shape index (κ2) is 8.92. The molecule has 1 fully saturated rings. The van der Waals surface area contributed by atoms with E-state index in [0.717, 1.165) is 0 Å². The van der Waals surface area contributed by atoms with Crippen LogP contribution in [0.25, 0.3) is 0 Å². The minimum Gasteiger partial charge on any atom is -0.450 e. The number of piperazine rings is 1. The number of carbonyl (C=O) groups is 3. The first-order chi connectivity index (χ1) is 11.9. The number of rotatable bonds is 4. The topological polar surface area (TPSA) is 79.0 Å². The molecule has 0 unspecified atom stereocenters. The van der Waals surface area contributed by atoms with Gasteiger partial charge in [0.05, 0.1) is 6.61 Å². The van der Waals surface area contributed by atoms with Crippen molar-refractivity contribution in [2.75, 3.05) is 38.1 Å². The van der Waals surface area contributed by atoms with Crippen molar-refractivity contribution in [3.8, 4) is 0 Å². The average molecular weight is 388 g/mol. The quantitative estimate of drug-likeness (QED) is 0.805. The molecule has 1 aromatic rings. The Bertz CT molecular complexity index is 641. The van der Waals surface area contributed by atoms with E-state index in [1.165, 1.54) is 0 Å². The maximum atomic E-state index is 12.2. The van der Waals surface area contributed by atoms with Gasteiger partial charge in [-0.2, -0.15) is 0 Å². The molecule has 136 valence electrons. The van der Waals surface area contributed by atoms with Crippen LogP contribution in [0.1, 0.15) is 13.3 Å². The normalized spacial score (nSPS) is 14.2. The maximum absolute atomic E-state index is 12.2. The molecule has 1 saturated heterocycles. The summed E-state index contributed by atoms with van der Waals surface area (Å²) in [7, 11) is 0. The van der Waals surface area contributed by atoms with Crippen LogP contribution in [-0.4, -0.2) is 60.5 Å². The van der Waals surface area contributed by atoms with E-state index < -0.39 is 5.91 Å². The molecule has 0 spiro atoms. The molecule has 2 rings (SSSR count). The number of nitrogens with zero attached hydrogens (tertiary/aromatic N) is 2. The average Bonchev–Trinajstić information content (AvgIpc) is 2.54. The van der Waals surface area contributed by atoms with E-state index in [-0.39, 0.29) is 18.4 Å². The SMILES string of the molecule is CCOC(=O)N1CCN(C(=O)CC(=O)Nc2cc(Cl)cc(Cl)c2)CC1. The summed E-state index contributed by atoms with van der Waals surface area (Å²) in [5.41, 5.74) is 0.433. The van der Waals surface area contributed by atoms with E-state index in [1.807, 2.05) is 0 Å². The van der Waals surface area contributed by atoms with Crippen LogP contribution < -0.4 is 5.32 Å². The van der Waals surface area contributed by atoms with Crippen LogP contribution in [0.2, 0.25) is 10.0 Å². The predicted molar refractivity (Wildman–Crippen MR) is 94.9 cm³/mol. The van der Waals surface area contributed by atoms with E-state index >= 15 is 0 Å². The molecule has 7 nitrogen and oxygen atoms in total. The molecule has 0 aromatic heterocycles. The molecule has 1 aliphatic rings. The fraction of sp³-hybridized carbons (Fsp3) is 0.438. The van der Waals surface area contributed by atoms with Crippen molar-refractivity contribution in [3.05, 3.63) is 28.2 Å². The van der Waals surface area contributed by atoms with Gasteiger partial charge in [0.2, 0.25) is 11.8 Å². The standard InChI is InChI=1S/C16H19Cl2N3O4/c1-2-25-16(24)21-5-3-20(4-6-21)15(23)10-14(22)19-13-8-11(17)7-12(18)9-13/h7-9H,2-6,10H2,1H3,(H,19,22). The Kier molecular flexibility index (Phi) is 6.90. The van der Waals surface area contributed by atoms with Gasteiger partial charge in [0.1, 0.15) is 6.42 Å². The maximum Gasteiger partial charge on any atom is 0.409 e. The summed E-state index contributed by atoms with van der Waals surface area (Å²) >= 11 is 11.7. The third-order valence-electron chi connectivity index (χ3n) is 3.62. The lowest BCUT2D eigenvalue weighted by molar-refractivity contribution is -0.135. The molecule has 0 aliphatic carbocycles. The number of ether oxygens (including phenoxy) is 1. The van der Waals surface area contributed by atoms with Crippen molar-refractivity contribution >= 4 is 46.8 Å². The molecule has 9 heteroatoms. The lowest BCUT2D eigenvalue weighted by Gasteiger charge is -2.34. The Hall–Kier alpha value is -1.99. The zero-order valence-corrected chi connectivity index (χ0v) is 15.3. The smallest absolute Gasteiger partial charge is 0.409 e. The van der Waals surface area contributed by atoms with Gasteiger partial charge in [0, 0.05) is 41.9 Å². The first-order valence-corrected chi connectivity index (χ1v) is 8.60. The number of hydrogen-bond acceptors (Lipinski definition) is 4. The summed E-state index contributed by atoms with van der Waals surface area (Å²) in [6.45, 7) is 3.56.